The predicted molar refractivity (Wildman–Crippen MR) is 114 cm³/mol. The highest BCUT2D eigenvalue weighted by Crippen LogP contribution is 2.21. The standard InChI is InChI=1S/C24H28N2O/c1-5-24(27)26(22-12-10-20(11-13-22)16-18(2)3)15-14-25-19(4)17-21-8-6-7-9-23(21)25/h5-13,17-18H,1,14-16H2,2-4H3. The van der Waals surface area contributed by atoms with Crippen molar-refractivity contribution in [3.63, 3.8) is 0 Å². The van der Waals surface area contributed by atoms with Gasteiger partial charge in [-0.3, -0.25) is 4.79 Å². The van der Waals surface area contributed by atoms with Crippen LogP contribution < -0.4 is 4.90 Å². The Hall–Kier alpha value is -2.81. The minimum Gasteiger partial charge on any atom is -0.343 e. The second-order valence-electron chi connectivity index (χ2n) is 7.45. The molecule has 0 aliphatic heterocycles. The van der Waals surface area contributed by atoms with Gasteiger partial charge in [-0.05, 0) is 60.6 Å². The molecular weight excluding hydrogens is 332 g/mol. The largest absolute Gasteiger partial charge is 0.343 e. The number of para-hydroxylation sites is 1. The van der Waals surface area contributed by atoms with Crippen LogP contribution in [0.2, 0.25) is 0 Å². The molecule has 0 aliphatic carbocycles. The van der Waals surface area contributed by atoms with Crippen LogP contribution in [0.3, 0.4) is 0 Å². The lowest BCUT2D eigenvalue weighted by atomic mass is 10.0. The molecule has 3 aromatic rings. The molecule has 0 spiro atoms. The molecule has 1 heterocycles. The van der Waals surface area contributed by atoms with E-state index in [9.17, 15) is 4.79 Å². The first-order chi connectivity index (χ1) is 13.0. The number of fused-ring (bicyclic) bond motifs is 1. The molecule has 0 aliphatic rings. The molecule has 140 valence electrons. The second kappa shape index (κ2) is 8.26. The number of hydrogen-bond acceptors (Lipinski definition) is 1. The minimum atomic E-state index is -0.0688. The summed E-state index contributed by atoms with van der Waals surface area (Å²) >= 11 is 0. The van der Waals surface area contributed by atoms with Gasteiger partial charge in [-0.25, -0.2) is 0 Å². The van der Waals surface area contributed by atoms with E-state index in [1.54, 1.807) is 4.90 Å². The third-order valence-corrected chi connectivity index (χ3v) is 4.90. The zero-order valence-electron chi connectivity index (χ0n) is 16.5. The molecule has 0 bridgehead atoms. The molecule has 0 fully saturated rings. The van der Waals surface area contributed by atoms with Crippen molar-refractivity contribution < 1.29 is 4.79 Å². The number of nitrogens with zero attached hydrogens (tertiary/aromatic N) is 2. The molecule has 0 unspecified atom stereocenters. The molecule has 3 heteroatoms. The summed E-state index contributed by atoms with van der Waals surface area (Å²) in [6, 6.07) is 18.9. The van der Waals surface area contributed by atoms with E-state index in [0.29, 0.717) is 12.5 Å². The summed E-state index contributed by atoms with van der Waals surface area (Å²) in [5, 5.41) is 1.23. The Kier molecular flexibility index (Phi) is 5.80. The van der Waals surface area contributed by atoms with Crippen molar-refractivity contribution >= 4 is 22.5 Å². The Labute approximate surface area is 161 Å². The van der Waals surface area contributed by atoms with Gasteiger partial charge in [0.2, 0.25) is 5.91 Å². The smallest absolute Gasteiger partial charge is 0.250 e. The van der Waals surface area contributed by atoms with E-state index < -0.39 is 0 Å². The zero-order chi connectivity index (χ0) is 19.4. The maximum absolute atomic E-state index is 12.5. The van der Waals surface area contributed by atoms with Gasteiger partial charge in [0, 0.05) is 30.0 Å². The Morgan fingerprint density at radius 2 is 1.85 bits per heavy atom. The minimum absolute atomic E-state index is 0.0688. The molecule has 2 aromatic carbocycles. The van der Waals surface area contributed by atoms with E-state index in [1.165, 1.54) is 28.2 Å². The lowest BCUT2D eigenvalue weighted by Gasteiger charge is -2.23. The van der Waals surface area contributed by atoms with Gasteiger partial charge in [-0.15, -0.1) is 0 Å². The van der Waals surface area contributed by atoms with Crippen LogP contribution >= 0.6 is 0 Å². The van der Waals surface area contributed by atoms with Crippen molar-refractivity contribution in [2.45, 2.75) is 33.7 Å². The summed E-state index contributed by atoms with van der Waals surface area (Å²) in [6.45, 7) is 11.6. The van der Waals surface area contributed by atoms with Crippen molar-refractivity contribution in [1.29, 1.82) is 0 Å². The molecular formula is C24H28N2O. The number of anilines is 1. The van der Waals surface area contributed by atoms with Crippen LogP contribution in [-0.4, -0.2) is 17.0 Å². The first kappa shape index (κ1) is 19.0. The zero-order valence-corrected chi connectivity index (χ0v) is 16.5. The highest BCUT2D eigenvalue weighted by atomic mass is 16.2. The maximum Gasteiger partial charge on any atom is 0.250 e. The van der Waals surface area contributed by atoms with Crippen molar-refractivity contribution in [2.24, 2.45) is 5.92 Å². The fourth-order valence-corrected chi connectivity index (χ4v) is 3.61. The summed E-state index contributed by atoms with van der Waals surface area (Å²) in [5.74, 6) is 0.549. The van der Waals surface area contributed by atoms with E-state index in [0.717, 1.165) is 18.7 Å². The van der Waals surface area contributed by atoms with Crippen LogP contribution in [0.4, 0.5) is 5.69 Å². The summed E-state index contributed by atoms with van der Waals surface area (Å²) < 4.78 is 2.27. The Balaban J connectivity index is 1.82. The van der Waals surface area contributed by atoms with Crippen molar-refractivity contribution in [1.82, 2.24) is 4.57 Å². The van der Waals surface area contributed by atoms with Gasteiger partial charge in [0.15, 0.2) is 0 Å². The number of aryl methyl sites for hydroxylation is 1. The Morgan fingerprint density at radius 3 is 2.52 bits per heavy atom. The molecule has 0 saturated heterocycles. The van der Waals surface area contributed by atoms with Gasteiger partial charge in [0.1, 0.15) is 0 Å². The average molecular weight is 361 g/mol. The van der Waals surface area contributed by atoms with E-state index in [4.69, 9.17) is 0 Å². The van der Waals surface area contributed by atoms with Crippen molar-refractivity contribution in [3.8, 4) is 0 Å². The lowest BCUT2D eigenvalue weighted by Crippen LogP contribution is -2.32. The van der Waals surface area contributed by atoms with Crippen LogP contribution in [0.5, 0.6) is 0 Å². The molecule has 1 amide bonds. The van der Waals surface area contributed by atoms with Gasteiger partial charge in [0.25, 0.3) is 0 Å². The molecule has 0 radical (unpaired) electrons. The number of amides is 1. The fraction of sp³-hybridized carbons (Fsp3) is 0.292. The number of carbonyl (C=O) groups excluding carboxylic acids is 1. The Bertz CT molecular complexity index is 935. The van der Waals surface area contributed by atoms with E-state index in [2.05, 4.69) is 74.4 Å². The maximum atomic E-state index is 12.5. The third-order valence-electron chi connectivity index (χ3n) is 4.90. The van der Waals surface area contributed by atoms with E-state index in [1.807, 2.05) is 12.1 Å². The number of hydrogen-bond donors (Lipinski definition) is 0. The highest BCUT2D eigenvalue weighted by Gasteiger charge is 2.14. The molecule has 27 heavy (non-hydrogen) atoms. The number of carbonyl (C=O) groups is 1. The third kappa shape index (κ3) is 4.30. The Morgan fingerprint density at radius 1 is 1.15 bits per heavy atom. The quantitative estimate of drug-likeness (QED) is 0.520. The summed E-state index contributed by atoms with van der Waals surface area (Å²) in [6.07, 6.45) is 2.44. The van der Waals surface area contributed by atoms with Crippen LogP contribution in [-0.2, 0) is 17.8 Å². The van der Waals surface area contributed by atoms with Crippen LogP contribution in [0.15, 0.2) is 67.3 Å². The summed E-state index contributed by atoms with van der Waals surface area (Å²) in [4.78, 5) is 14.3. The molecule has 0 N–H and O–H groups in total. The topological polar surface area (TPSA) is 25.2 Å². The van der Waals surface area contributed by atoms with Crippen molar-refractivity contribution in [3.05, 3.63) is 78.5 Å². The van der Waals surface area contributed by atoms with Gasteiger partial charge in [0.05, 0.1) is 0 Å². The van der Waals surface area contributed by atoms with Crippen LogP contribution in [0, 0.1) is 12.8 Å². The van der Waals surface area contributed by atoms with Crippen molar-refractivity contribution in [2.75, 3.05) is 11.4 Å². The normalized spacial score (nSPS) is 11.1. The van der Waals surface area contributed by atoms with Gasteiger partial charge in [-0.2, -0.15) is 0 Å². The van der Waals surface area contributed by atoms with E-state index >= 15 is 0 Å². The SMILES string of the molecule is C=CC(=O)N(CCn1c(C)cc2ccccc21)c1ccc(CC(C)C)cc1. The number of rotatable bonds is 7. The lowest BCUT2D eigenvalue weighted by molar-refractivity contribution is -0.114. The molecule has 1 aromatic heterocycles. The summed E-state index contributed by atoms with van der Waals surface area (Å²) in [5.41, 5.74) is 4.62. The highest BCUT2D eigenvalue weighted by molar-refractivity contribution is 6.01. The van der Waals surface area contributed by atoms with Gasteiger partial charge >= 0.3 is 0 Å². The second-order valence-corrected chi connectivity index (χ2v) is 7.45. The molecule has 0 saturated carbocycles. The average Bonchev–Trinajstić information content (AvgIpc) is 2.97. The first-order valence-electron chi connectivity index (χ1n) is 9.57. The summed E-state index contributed by atoms with van der Waals surface area (Å²) in [7, 11) is 0. The van der Waals surface area contributed by atoms with Gasteiger partial charge < -0.3 is 9.47 Å². The van der Waals surface area contributed by atoms with Crippen LogP contribution in [0.25, 0.3) is 10.9 Å². The fourth-order valence-electron chi connectivity index (χ4n) is 3.61. The monoisotopic (exact) mass is 360 g/mol. The van der Waals surface area contributed by atoms with E-state index in [-0.39, 0.29) is 5.91 Å². The number of aromatic nitrogens is 1. The molecule has 3 rings (SSSR count). The van der Waals surface area contributed by atoms with Gasteiger partial charge in [-0.1, -0.05) is 50.8 Å². The molecule has 0 atom stereocenters. The predicted octanol–water partition coefficient (Wildman–Crippen LogP) is 5.37. The number of benzene rings is 2. The van der Waals surface area contributed by atoms with Crippen LogP contribution in [0.1, 0.15) is 25.1 Å². The molecule has 3 nitrogen and oxygen atoms in total. The first-order valence-corrected chi connectivity index (χ1v) is 9.57.